The second kappa shape index (κ2) is 7.36. The van der Waals surface area contributed by atoms with Gasteiger partial charge in [0.2, 0.25) is 5.91 Å². The molecule has 0 unspecified atom stereocenters. The molecule has 1 amide bonds. The lowest BCUT2D eigenvalue weighted by Gasteiger charge is -2.08. The first kappa shape index (κ1) is 15.7. The minimum atomic E-state index is -0.540. The number of benzene rings is 2. The Morgan fingerprint density at radius 1 is 1.09 bits per heavy atom. The number of esters is 1. The monoisotopic (exact) mass is 301 g/mol. The Balaban J connectivity index is 1.79. The number of rotatable bonds is 5. The van der Waals surface area contributed by atoms with E-state index in [0.29, 0.717) is 11.3 Å². The number of halogens is 1. The Morgan fingerprint density at radius 3 is 2.45 bits per heavy atom. The first-order chi connectivity index (χ1) is 10.5. The van der Waals surface area contributed by atoms with Crippen LogP contribution in [0.25, 0.3) is 0 Å². The quantitative estimate of drug-likeness (QED) is 0.681. The van der Waals surface area contributed by atoms with Crippen molar-refractivity contribution < 1.29 is 18.7 Å². The van der Waals surface area contributed by atoms with E-state index in [9.17, 15) is 14.0 Å². The van der Waals surface area contributed by atoms with Gasteiger partial charge in [-0.1, -0.05) is 30.3 Å². The number of carbonyl (C=O) groups is 2. The van der Waals surface area contributed by atoms with Gasteiger partial charge in [0.25, 0.3) is 0 Å². The third-order valence-corrected chi connectivity index (χ3v) is 3.03. The first-order valence-electron chi connectivity index (χ1n) is 6.82. The molecule has 0 heterocycles. The van der Waals surface area contributed by atoms with Gasteiger partial charge in [-0.05, 0) is 36.2 Å². The predicted octanol–water partition coefficient (Wildman–Crippen LogP) is 2.40. The zero-order valence-electron chi connectivity index (χ0n) is 12.1. The summed E-state index contributed by atoms with van der Waals surface area (Å²) < 4.78 is 17.9. The molecule has 0 aliphatic carbocycles. The zero-order valence-corrected chi connectivity index (χ0v) is 12.1. The zero-order chi connectivity index (χ0) is 15.9. The highest BCUT2D eigenvalue weighted by atomic mass is 19.1. The maximum Gasteiger partial charge on any atom is 0.330 e. The Morgan fingerprint density at radius 2 is 1.77 bits per heavy atom. The molecule has 2 aromatic carbocycles. The highest BCUT2D eigenvalue weighted by Crippen LogP contribution is 2.15. The largest absolute Gasteiger partial charge is 0.425 e. The summed E-state index contributed by atoms with van der Waals surface area (Å²) in [4.78, 5) is 23.4. The van der Waals surface area contributed by atoms with Crippen molar-refractivity contribution in [3.05, 3.63) is 65.5 Å². The smallest absolute Gasteiger partial charge is 0.330 e. The van der Waals surface area contributed by atoms with Crippen molar-refractivity contribution in [2.45, 2.75) is 13.3 Å². The maximum atomic E-state index is 12.8. The van der Waals surface area contributed by atoms with Crippen molar-refractivity contribution in [3.8, 4) is 5.75 Å². The summed E-state index contributed by atoms with van der Waals surface area (Å²) in [6.07, 6.45) is 0.0813. The molecule has 22 heavy (non-hydrogen) atoms. The molecule has 0 atom stereocenters. The van der Waals surface area contributed by atoms with E-state index in [1.54, 1.807) is 12.1 Å². The Hall–Kier alpha value is -2.69. The van der Waals surface area contributed by atoms with Gasteiger partial charge < -0.3 is 10.1 Å². The van der Waals surface area contributed by atoms with E-state index in [0.717, 1.165) is 5.56 Å². The summed E-state index contributed by atoms with van der Waals surface area (Å²) in [6, 6.07) is 12.8. The molecule has 0 saturated heterocycles. The lowest BCUT2D eigenvalue weighted by molar-refractivity contribution is -0.135. The van der Waals surface area contributed by atoms with Gasteiger partial charge in [0.05, 0.1) is 6.42 Å². The van der Waals surface area contributed by atoms with Crippen molar-refractivity contribution >= 4 is 11.9 Å². The van der Waals surface area contributed by atoms with Crippen LogP contribution in [0, 0.1) is 12.7 Å². The van der Waals surface area contributed by atoms with Crippen molar-refractivity contribution in [2.24, 2.45) is 0 Å². The standard InChI is InChI=1S/C17H16FNO3/c1-12-4-2-3-5-15(12)22-17(21)11-19-16(20)10-13-6-8-14(18)9-7-13/h2-9H,10-11H2,1H3,(H,19,20). The highest BCUT2D eigenvalue weighted by Gasteiger charge is 2.09. The van der Waals surface area contributed by atoms with Crippen LogP contribution in [-0.4, -0.2) is 18.4 Å². The average molecular weight is 301 g/mol. The van der Waals surface area contributed by atoms with Crippen molar-refractivity contribution in [1.82, 2.24) is 5.32 Å². The molecule has 0 bridgehead atoms. The van der Waals surface area contributed by atoms with Crippen molar-refractivity contribution in [3.63, 3.8) is 0 Å². The van der Waals surface area contributed by atoms with Crippen LogP contribution in [0.4, 0.5) is 4.39 Å². The first-order valence-corrected chi connectivity index (χ1v) is 6.82. The summed E-state index contributed by atoms with van der Waals surface area (Å²) in [7, 11) is 0. The summed E-state index contributed by atoms with van der Waals surface area (Å²) in [5.41, 5.74) is 1.51. The van der Waals surface area contributed by atoms with Crippen LogP contribution in [0.15, 0.2) is 48.5 Å². The number of ether oxygens (including phenoxy) is 1. The molecule has 2 aromatic rings. The van der Waals surface area contributed by atoms with E-state index in [1.807, 2.05) is 19.1 Å². The molecular weight excluding hydrogens is 285 g/mol. The number of carbonyl (C=O) groups excluding carboxylic acids is 2. The summed E-state index contributed by atoms with van der Waals surface area (Å²) in [5, 5.41) is 2.48. The average Bonchev–Trinajstić information content (AvgIpc) is 2.50. The lowest BCUT2D eigenvalue weighted by Crippen LogP contribution is -2.33. The predicted molar refractivity (Wildman–Crippen MR) is 79.9 cm³/mol. The number of aryl methyl sites for hydroxylation is 1. The second-order valence-electron chi connectivity index (χ2n) is 4.82. The number of nitrogens with one attached hydrogen (secondary N) is 1. The van der Waals surface area contributed by atoms with Gasteiger partial charge in [-0.2, -0.15) is 0 Å². The van der Waals surface area contributed by atoms with Gasteiger partial charge in [0.1, 0.15) is 18.1 Å². The van der Waals surface area contributed by atoms with E-state index in [2.05, 4.69) is 5.32 Å². The summed E-state index contributed by atoms with van der Waals surface area (Å²) >= 11 is 0. The van der Waals surface area contributed by atoms with Crippen LogP contribution in [-0.2, 0) is 16.0 Å². The molecule has 4 nitrogen and oxygen atoms in total. The Kier molecular flexibility index (Phi) is 5.25. The number of hydrogen-bond acceptors (Lipinski definition) is 3. The van der Waals surface area contributed by atoms with Crippen LogP contribution < -0.4 is 10.1 Å². The molecule has 0 radical (unpaired) electrons. The van der Waals surface area contributed by atoms with E-state index in [1.165, 1.54) is 24.3 Å². The minimum Gasteiger partial charge on any atom is -0.425 e. The third kappa shape index (κ3) is 4.70. The van der Waals surface area contributed by atoms with E-state index < -0.39 is 5.97 Å². The second-order valence-corrected chi connectivity index (χ2v) is 4.82. The molecular formula is C17H16FNO3. The fraction of sp³-hybridized carbons (Fsp3) is 0.176. The molecule has 0 aliphatic rings. The normalized spacial score (nSPS) is 10.1. The van der Waals surface area contributed by atoms with Gasteiger partial charge in [0, 0.05) is 0 Å². The molecule has 0 saturated carbocycles. The third-order valence-electron chi connectivity index (χ3n) is 3.03. The fourth-order valence-corrected chi connectivity index (χ4v) is 1.85. The van der Waals surface area contributed by atoms with Gasteiger partial charge in [-0.3, -0.25) is 4.79 Å². The van der Waals surface area contributed by atoms with Crippen LogP contribution in [0.1, 0.15) is 11.1 Å². The van der Waals surface area contributed by atoms with Crippen LogP contribution in [0.2, 0.25) is 0 Å². The van der Waals surface area contributed by atoms with E-state index >= 15 is 0 Å². The molecule has 0 aliphatic heterocycles. The van der Waals surface area contributed by atoms with Crippen LogP contribution in [0.3, 0.4) is 0 Å². The molecule has 114 valence electrons. The number of hydrogen-bond donors (Lipinski definition) is 1. The summed E-state index contributed by atoms with van der Waals surface area (Å²) in [6.45, 7) is 1.62. The molecule has 5 heteroatoms. The molecule has 0 fully saturated rings. The van der Waals surface area contributed by atoms with Gasteiger partial charge in [0.15, 0.2) is 0 Å². The van der Waals surface area contributed by atoms with Gasteiger partial charge in [-0.15, -0.1) is 0 Å². The fourth-order valence-electron chi connectivity index (χ4n) is 1.85. The molecule has 0 aromatic heterocycles. The topological polar surface area (TPSA) is 55.4 Å². The van der Waals surface area contributed by atoms with Crippen LogP contribution >= 0.6 is 0 Å². The van der Waals surface area contributed by atoms with Gasteiger partial charge >= 0.3 is 5.97 Å². The van der Waals surface area contributed by atoms with Crippen molar-refractivity contribution in [1.29, 1.82) is 0 Å². The minimum absolute atomic E-state index is 0.0813. The number of amides is 1. The number of para-hydroxylation sites is 1. The Labute approximate surface area is 127 Å². The van der Waals surface area contributed by atoms with Crippen LogP contribution in [0.5, 0.6) is 5.75 Å². The van der Waals surface area contributed by atoms with E-state index in [4.69, 9.17) is 4.74 Å². The van der Waals surface area contributed by atoms with E-state index in [-0.39, 0.29) is 24.7 Å². The lowest BCUT2D eigenvalue weighted by atomic mass is 10.1. The SMILES string of the molecule is Cc1ccccc1OC(=O)CNC(=O)Cc1ccc(F)cc1. The molecule has 0 spiro atoms. The maximum absolute atomic E-state index is 12.8. The summed E-state index contributed by atoms with van der Waals surface area (Å²) in [5.74, 6) is -0.749. The Bertz CT molecular complexity index is 668. The van der Waals surface area contributed by atoms with Crippen molar-refractivity contribution in [2.75, 3.05) is 6.54 Å². The molecule has 2 rings (SSSR count). The highest BCUT2D eigenvalue weighted by molar-refractivity contribution is 5.84. The van der Waals surface area contributed by atoms with Gasteiger partial charge in [-0.25, -0.2) is 9.18 Å². The molecule has 1 N–H and O–H groups in total.